The molecule has 0 bridgehead atoms. The van der Waals surface area contributed by atoms with Gasteiger partial charge in [-0.3, -0.25) is 0 Å². The standard InChI is InChI=1S/C68H68BN3O/c1-42-34-49-51(66(7,8)33-32-65(49,5)6)39-56(42)72-58-40-52-50(67(9,10)41-68(52,11)12)38-54(58)69-53-31-30-46(70(44-22-15-13-16-23-44)45-24-17-14-18-25-45)37-57(53)71(59-35-43(64(2,3)4)36-60(72)62(59)69)55-28-21-27-48-47-26-19-20-29-61(47)73-63(48)55/h13-31,34-40H,32-33,41H2,1-12H3. The lowest BCUT2D eigenvalue weighted by molar-refractivity contribution is 0.332. The smallest absolute Gasteiger partial charge is 0.252 e. The minimum absolute atomic E-state index is 0.00539. The number of aryl methyl sites for hydroxylation is 1. The highest BCUT2D eigenvalue weighted by Gasteiger charge is 2.49. The monoisotopic (exact) mass is 954 g/mol. The van der Waals surface area contributed by atoms with Crippen molar-refractivity contribution in [1.82, 2.24) is 0 Å². The zero-order valence-electron chi connectivity index (χ0n) is 45.0. The Morgan fingerprint density at radius 3 is 1.64 bits per heavy atom. The fourth-order valence-corrected chi connectivity index (χ4v) is 14.0. The molecule has 0 saturated heterocycles. The number of hydrogen-bond acceptors (Lipinski definition) is 4. The molecule has 3 heterocycles. The van der Waals surface area contributed by atoms with Crippen LogP contribution in [0.25, 0.3) is 21.9 Å². The summed E-state index contributed by atoms with van der Waals surface area (Å²) in [5.74, 6) is 0. The van der Waals surface area contributed by atoms with E-state index in [-0.39, 0.29) is 33.8 Å². The van der Waals surface area contributed by atoms with Crippen molar-refractivity contribution in [3.8, 4) is 0 Å². The van der Waals surface area contributed by atoms with Crippen LogP contribution in [0.4, 0.5) is 51.2 Å². The van der Waals surface area contributed by atoms with Crippen LogP contribution in [0.2, 0.25) is 0 Å². The first kappa shape index (κ1) is 45.9. The van der Waals surface area contributed by atoms with Gasteiger partial charge in [0.05, 0.1) is 5.69 Å². The molecule has 13 rings (SSSR count). The zero-order chi connectivity index (χ0) is 50.7. The highest BCUT2D eigenvalue weighted by molar-refractivity contribution is 7.00. The van der Waals surface area contributed by atoms with Crippen molar-refractivity contribution in [1.29, 1.82) is 0 Å². The number of benzene rings is 8. The van der Waals surface area contributed by atoms with E-state index in [1.807, 2.05) is 0 Å². The van der Waals surface area contributed by atoms with E-state index in [0.717, 1.165) is 63.2 Å². The van der Waals surface area contributed by atoms with Crippen LogP contribution in [0.3, 0.4) is 0 Å². The Kier molecular flexibility index (Phi) is 9.75. The number of para-hydroxylation sites is 4. The Labute approximate surface area is 433 Å². The average molecular weight is 954 g/mol. The van der Waals surface area contributed by atoms with Crippen molar-refractivity contribution >= 4 is 96.2 Å². The Balaban J connectivity index is 1.18. The normalized spacial score (nSPS) is 17.5. The molecule has 5 heteroatoms. The fourth-order valence-electron chi connectivity index (χ4n) is 14.0. The summed E-state index contributed by atoms with van der Waals surface area (Å²) in [6, 6.07) is 59.8. The number of anilines is 9. The topological polar surface area (TPSA) is 22.9 Å². The number of furan rings is 1. The predicted molar refractivity (Wildman–Crippen MR) is 312 cm³/mol. The van der Waals surface area contributed by atoms with E-state index in [0.29, 0.717) is 0 Å². The van der Waals surface area contributed by atoms with Gasteiger partial charge in [0.1, 0.15) is 5.58 Å². The van der Waals surface area contributed by atoms with Gasteiger partial charge in [0.2, 0.25) is 0 Å². The lowest BCUT2D eigenvalue weighted by Crippen LogP contribution is -2.61. The van der Waals surface area contributed by atoms with Gasteiger partial charge in [-0.1, -0.05) is 161 Å². The molecule has 2 aliphatic heterocycles. The predicted octanol–water partition coefficient (Wildman–Crippen LogP) is 17.1. The Hall–Kier alpha value is -6.98. The number of rotatable bonds is 5. The first-order valence-corrected chi connectivity index (χ1v) is 26.8. The maximum Gasteiger partial charge on any atom is 0.252 e. The summed E-state index contributed by atoms with van der Waals surface area (Å²) in [7, 11) is 0. The van der Waals surface area contributed by atoms with Crippen LogP contribution in [0.1, 0.15) is 129 Å². The van der Waals surface area contributed by atoms with Gasteiger partial charge in [-0.05, 0) is 176 Å². The maximum absolute atomic E-state index is 7.06. The molecule has 4 aliphatic rings. The fraction of sp³-hybridized carbons (Fsp3) is 0.294. The van der Waals surface area contributed by atoms with E-state index in [1.54, 1.807) is 0 Å². The van der Waals surface area contributed by atoms with E-state index in [4.69, 9.17) is 4.42 Å². The lowest BCUT2D eigenvalue weighted by atomic mass is 9.33. The van der Waals surface area contributed by atoms with Crippen LogP contribution in [0.5, 0.6) is 0 Å². The third kappa shape index (κ3) is 6.86. The van der Waals surface area contributed by atoms with Crippen molar-refractivity contribution in [3.63, 3.8) is 0 Å². The van der Waals surface area contributed by atoms with Gasteiger partial charge in [0.15, 0.2) is 5.58 Å². The molecule has 0 saturated carbocycles. The molecule has 0 amide bonds. The molecule has 9 aromatic rings. The molecule has 364 valence electrons. The number of fused-ring (bicyclic) bond motifs is 9. The van der Waals surface area contributed by atoms with E-state index < -0.39 is 0 Å². The Bertz CT molecular complexity index is 3700. The highest BCUT2D eigenvalue weighted by Crippen LogP contribution is 2.56. The lowest BCUT2D eigenvalue weighted by Gasteiger charge is -2.47. The second-order valence-corrected chi connectivity index (χ2v) is 25.6. The molecule has 73 heavy (non-hydrogen) atoms. The average Bonchev–Trinajstić information content (AvgIpc) is 3.84. The Morgan fingerprint density at radius 1 is 0.466 bits per heavy atom. The summed E-state index contributed by atoms with van der Waals surface area (Å²) >= 11 is 0. The van der Waals surface area contributed by atoms with E-state index in [1.165, 1.54) is 78.9 Å². The molecule has 8 aromatic carbocycles. The molecule has 0 radical (unpaired) electrons. The van der Waals surface area contributed by atoms with Crippen molar-refractivity contribution in [3.05, 3.63) is 191 Å². The molecular formula is C68H68BN3O. The van der Waals surface area contributed by atoms with Crippen molar-refractivity contribution in [2.24, 2.45) is 0 Å². The molecule has 0 atom stereocenters. The van der Waals surface area contributed by atoms with Crippen LogP contribution in [-0.4, -0.2) is 6.71 Å². The molecule has 1 aromatic heterocycles. The highest BCUT2D eigenvalue weighted by atomic mass is 16.3. The SMILES string of the molecule is Cc1cc2c(cc1N1c3cc4c(cc3B3c5ccc(N(c6ccccc6)c6ccccc6)cc5N(c5cccc6c5oc5ccccc56)c5cc(C(C)(C)C)cc1c53)C(C)(C)CC4(C)C)C(C)(C)CCC2(C)C. The first-order valence-electron chi connectivity index (χ1n) is 26.8. The Morgan fingerprint density at radius 2 is 1.00 bits per heavy atom. The molecule has 0 spiro atoms. The van der Waals surface area contributed by atoms with Gasteiger partial charge in [-0.2, -0.15) is 0 Å². The molecule has 2 aliphatic carbocycles. The van der Waals surface area contributed by atoms with Crippen LogP contribution in [0.15, 0.2) is 162 Å². The van der Waals surface area contributed by atoms with Crippen LogP contribution >= 0.6 is 0 Å². The van der Waals surface area contributed by atoms with Gasteiger partial charge in [-0.25, -0.2) is 0 Å². The van der Waals surface area contributed by atoms with E-state index in [9.17, 15) is 0 Å². The summed E-state index contributed by atoms with van der Waals surface area (Å²) in [6.07, 6.45) is 3.44. The maximum atomic E-state index is 7.06. The summed E-state index contributed by atoms with van der Waals surface area (Å²) in [5, 5.41) is 2.24. The molecule has 4 nitrogen and oxygen atoms in total. The van der Waals surface area contributed by atoms with Gasteiger partial charge in [0, 0.05) is 56.3 Å². The number of hydrogen-bond donors (Lipinski definition) is 0. The summed E-state index contributed by atoms with van der Waals surface area (Å²) < 4.78 is 7.06. The van der Waals surface area contributed by atoms with Gasteiger partial charge >= 0.3 is 0 Å². The van der Waals surface area contributed by atoms with Crippen LogP contribution < -0.4 is 31.1 Å². The second kappa shape index (κ2) is 15.5. The summed E-state index contributed by atoms with van der Waals surface area (Å²) in [5.41, 5.74) is 24.8. The largest absolute Gasteiger partial charge is 0.454 e. The summed E-state index contributed by atoms with van der Waals surface area (Å²) in [4.78, 5) is 7.71. The first-order chi connectivity index (χ1) is 34.7. The van der Waals surface area contributed by atoms with Gasteiger partial charge in [-0.15, -0.1) is 0 Å². The minimum atomic E-state index is -0.176. The summed E-state index contributed by atoms with van der Waals surface area (Å²) in [6.45, 7) is 29.2. The third-order valence-electron chi connectivity index (χ3n) is 17.7. The molecule has 0 N–H and O–H groups in total. The molecule has 0 unspecified atom stereocenters. The van der Waals surface area contributed by atoms with Crippen LogP contribution in [0, 0.1) is 6.92 Å². The van der Waals surface area contributed by atoms with Gasteiger partial charge in [0.25, 0.3) is 6.71 Å². The van der Waals surface area contributed by atoms with E-state index >= 15 is 0 Å². The van der Waals surface area contributed by atoms with Crippen molar-refractivity contribution < 1.29 is 4.42 Å². The van der Waals surface area contributed by atoms with Crippen molar-refractivity contribution in [2.45, 2.75) is 129 Å². The quantitative estimate of drug-likeness (QED) is 0.160. The minimum Gasteiger partial charge on any atom is -0.454 e. The molecular weight excluding hydrogens is 886 g/mol. The van der Waals surface area contributed by atoms with Crippen molar-refractivity contribution in [2.75, 3.05) is 14.7 Å². The zero-order valence-corrected chi connectivity index (χ0v) is 45.0. The number of nitrogens with zero attached hydrogens (tertiary/aromatic N) is 3. The van der Waals surface area contributed by atoms with Gasteiger partial charge < -0.3 is 19.1 Å². The molecule has 0 fully saturated rings. The van der Waals surface area contributed by atoms with E-state index in [2.05, 4.69) is 256 Å². The van der Waals surface area contributed by atoms with Crippen LogP contribution in [-0.2, 0) is 27.1 Å². The second-order valence-electron chi connectivity index (χ2n) is 25.6. The third-order valence-corrected chi connectivity index (χ3v) is 17.7.